The number of rotatable bonds is 8. The summed E-state index contributed by atoms with van der Waals surface area (Å²) < 4.78 is 6.03. The Morgan fingerprint density at radius 3 is 2.16 bits per heavy atom. The molecule has 3 N–H and O–H groups in total. The van der Waals surface area contributed by atoms with E-state index in [9.17, 15) is 0 Å². The summed E-state index contributed by atoms with van der Waals surface area (Å²) in [6.45, 7) is 9.19. The summed E-state index contributed by atoms with van der Waals surface area (Å²) in [7, 11) is 0. The minimum Gasteiger partial charge on any atom is -0.374 e. The van der Waals surface area contributed by atoms with Gasteiger partial charge in [-0.3, -0.25) is 11.3 Å². The van der Waals surface area contributed by atoms with E-state index in [-0.39, 0.29) is 11.6 Å². The van der Waals surface area contributed by atoms with Crippen LogP contribution in [-0.2, 0) is 11.2 Å². The quantitative estimate of drug-likeness (QED) is 0.560. The number of nitrogens with two attached hydrogens (primary N) is 1. The maximum absolute atomic E-state index is 6.03. The monoisotopic (exact) mass is 264 g/mol. The Kier molecular flexibility index (Phi) is 6.49. The first-order valence-corrected chi connectivity index (χ1v) is 7.27. The zero-order valence-corrected chi connectivity index (χ0v) is 12.7. The van der Waals surface area contributed by atoms with Crippen molar-refractivity contribution in [2.45, 2.75) is 58.6 Å². The summed E-state index contributed by atoms with van der Waals surface area (Å²) in [6.07, 6.45) is 2.80. The van der Waals surface area contributed by atoms with Gasteiger partial charge in [-0.15, -0.1) is 0 Å². The van der Waals surface area contributed by atoms with Crippen molar-refractivity contribution in [1.29, 1.82) is 0 Å². The zero-order valence-electron chi connectivity index (χ0n) is 12.7. The van der Waals surface area contributed by atoms with Crippen molar-refractivity contribution in [3.8, 4) is 0 Å². The summed E-state index contributed by atoms with van der Waals surface area (Å²) in [5.41, 5.74) is 5.35. The molecule has 1 rings (SSSR count). The van der Waals surface area contributed by atoms with Crippen LogP contribution in [0.2, 0.25) is 0 Å². The largest absolute Gasteiger partial charge is 0.374 e. The lowest BCUT2D eigenvalue weighted by Crippen LogP contribution is -2.55. The second-order valence-corrected chi connectivity index (χ2v) is 5.11. The Morgan fingerprint density at radius 1 is 1.16 bits per heavy atom. The molecule has 3 nitrogen and oxygen atoms in total. The molecule has 108 valence electrons. The molecule has 0 bridgehead atoms. The van der Waals surface area contributed by atoms with E-state index in [0.29, 0.717) is 6.61 Å². The molecular formula is C16H28N2O. The molecule has 0 fully saturated rings. The molecule has 0 saturated heterocycles. The van der Waals surface area contributed by atoms with Crippen LogP contribution in [0, 0.1) is 6.92 Å². The van der Waals surface area contributed by atoms with Gasteiger partial charge in [0.2, 0.25) is 0 Å². The Bertz CT molecular complexity index is 358. The Labute approximate surface area is 117 Å². The second-order valence-electron chi connectivity index (χ2n) is 5.11. The third kappa shape index (κ3) is 4.03. The maximum Gasteiger partial charge on any atom is 0.0846 e. The number of benzene rings is 1. The van der Waals surface area contributed by atoms with E-state index in [1.54, 1.807) is 0 Å². The van der Waals surface area contributed by atoms with Crippen molar-refractivity contribution in [2.24, 2.45) is 5.84 Å². The molecule has 1 unspecified atom stereocenters. The van der Waals surface area contributed by atoms with Crippen molar-refractivity contribution in [1.82, 2.24) is 5.43 Å². The molecule has 0 heterocycles. The fraction of sp³-hybridized carbons (Fsp3) is 0.625. The number of hydrazine groups is 1. The van der Waals surface area contributed by atoms with Crippen LogP contribution in [-0.4, -0.2) is 18.2 Å². The third-order valence-electron chi connectivity index (χ3n) is 4.03. The molecule has 1 aromatic carbocycles. The van der Waals surface area contributed by atoms with E-state index in [4.69, 9.17) is 10.6 Å². The van der Waals surface area contributed by atoms with E-state index < -0.39 is 0 Å². The highest BCUT2D eigenvalue weighted by Crippen LogP contribution is 2.27. The smallest absolute Gasteiger partial charge is 0.0846 e. The number of ether oxygens (including phenoxy) is 1. The SMILES string of the molecule is CCOC(CC)(CC)C(Cc1ccc(C)cc1)NN. The average molecular weight is 264 g/mol. The molecular weight excluding hydrogens is 236 g/mol. The van der Waals surface area contributed by atoms with E-state index >= 15 is 0 Å². The van der Waals surface area contributed by atoms with Crippen LogP contribution in [0.15, 0.2) is 24.3 Å². The Morgan fingerprint density at radius 2 is 1.74 bits per heavy atom. The lowest BCUT2D eigenvalue weighted by molar-refractivity contribution is -0.0719. The van der Waals surface area contributed by atoms with Gasteiger partial charge in [0, 0.05) is 6.61 Å². The first-order valence-electron chi connectivity index (χ1n) is 7.27. The highest BCUT2D eigenvalue weighted by atomic mass is 16.5. The van der Waals surface area contributed by atoms with Gasteiger partial charge in [0.05, 0.1) is 11.6 Å². The van der Waals surface area contributed by atoms with Gasteiger partial charge in [-0.1, -0.05) is 43.7 Å². The maximum atomic E-state index is 6.03. The van der Waals surface area contributed by atoms with Crippen LogP contribution < -0.4 is 11.3 Å². The zero-order chi connectivity index (χ0) is 14.3. The summed E-state index contributed by atoms with van der Waals surface area (Å²) in [6, 6.07) is 8.75. The lowest BCUT2D eigenvalue weighted by atomic mass is 9.84. The van der Waals surface area contributed by atoms with Gasteiger partial charge in [0.15, 0.2) is 0 Å². The van der Waals surface area contributed by atoms with Crippen LogP contribution in [0.4, 0.5) is 0 Å². The third-order valence-corrected chi connectivity index (χ3v) is 4.03. The normalized spacial score (nSPS) is 13.5. The number of nitrogens with one attached hydrogen (secondary N) is 1. The molecule has 0 aliphatic heterocycles. The summed E-state index contributed by atoms with van der Waals surface area (Å²) in [4.78, 5) is 0. The van der Waals surface area contributed by atoms with Gasteiger partial charge in [-0.05, 0) is 38.7 Å². The molecule has 1 atom stereocenters. The van der Waals surface area contributed by atoms with Gasteiger partial charge in [-0.25, -0.2) is 0 Å². The molecule has 1 aromatic rings. The molecule has 0 radical (unpaired) electrons. The molecule has 0 aromatic heterocycles. The highest BCUT2D eigenvalue weighted by Gasteiger charge is 2.35. The van der Waals surface area contributed by atoms with E-state index in [2.05, 4.69) is 50.5 Å². The fourth-order valence-corrected chi connectivity index (χ4v) is 2.69. The van der Waals surface area contributed by atoms with Crippen LogP contribution in [0.5, 0.6) is 0 Å². The minimum atomic E-state index is -0.186. The van der Waals surface area contributed by atoms with E-state index in [1.807, 2.05) is 6.92 Å². The van der Waals surface area contributed by atoms with Crippen LogP contribution >= 0.6 is 0 Å². The molecule has 0 aliphatic rings. The van der Waals surface area contributed by atoms with Gasteiger partial charge in [-0.2, -0.15) is 0 Å². The Balaban J connectivity index is 2.88. The minimum absolute atomic E-state index is 0.130. The van der Waals surface area contributed by atoms with Crippen molar-refractivity contribution >= 4 is 0 Å². The Hall–Kier alpha value is -0.900. The van der Waals surface area contributed by atoms with Gasteiger partial charge < -0.3 is 4.74 Å². The van der Waals surface area contributed by atoms with Crippen LogP contribution in [0.1, 0.15) is 44.7 Å². The predicted molar refractivity (Wildman–Crippen MR) is 80.9 cm³/mol. The van der Waals surface area contributed by atoms with Gasteiger partial charge in [0.1, 0.15) is 0 Å². The molecule has 0 amide bonds. The summed E-state index contributed by atoms with van der Waals surface area (Å²) in [5.74, 6) is 5.79. The second kappa shape index (κ2) is 7.63. The molecule has 0 spiro atoms. The van der Waals surface area contributed by atoms with Crippen molar-refractivity contribution < 1.29 is 4.74 Å². The van der Waals surface area contributed by atoms with Gasteiger partial charge in [0.25, 0.3) is 0 Å². The fourth-order valence-electron chi connectivity index (χ4n) is 2.69. The topological polar surface area (TPSA) is 47.3 Å². The van der Waals surface area contributed by atoms with Crippen molar-refractivity contribution in [2.75, 3.05) is 6.61 Å². The lowest BCUT2D eigenvalue weighted by Gasteiger charge is -2.39. The standard InChI is InChI=1S/C16H28N2O/c1-5-16(6-2,19-7-3)15(18-17)12-14-10-8-13(4)9-11-14/h8-11,15,18H,5-7,12,17H2,1-4H3. The molecule has 3 heteroatoms. The highest BCUT2D eigenvalue weighted by molar-refractivity contribution is 5.22. The summed E-state index contributed by atoms with van der Waals surface area (Å²) >= 11 is 0. The van der Waals surface area contributed by atoms with Crippen molar-refractivity contribution in [3.63, 3.8) is 0 Å². The number of aryl methyl sites for hydroxylation is 1. The van der Waals surface area contributed by atoms with Crippen LogP contribution in [0.3, 0.4) is 0 Å². The number of hydrogen-bond acceptors (Lipinski definition) is 3. The first kappa shape index (κ1) is 16.2. The molecule has 0 saturated carbocycles. The average Bonchev–Trinajstić information content (AvgIpc) is 2.44. The van der Waals surface area contributed by atoms with Gasteiger partial charge >= 0.3 is 0 Å². The molecule has 0 aliphatic carbocycles. The van der Waals surface area contributed by atoms with E-state index in [1.165, 1.54) is 11.1 Å². The molecule has 19 heavy (non-hydrogen) atoms. The van der Waals surface area contributed by atoms with Crippen molar-refractivity contribution in [3.05, 3.63) is 35.4 Å². The first-order chi connectivity index (χ1) is 9.11. The predicted octanol–water partition coefficient (Wildman–Crippen LogP) is 2.96. The van der Waals surface area contributed by atoms with E-state index in [0.717, 1.165) is 19.3 Å². The number of hydrogen-bond donors (Lipinski definition) is 2. The summed E-state index contributed by atoms with van der Waals surface area (Å²) in [5, 5.41) is 0. The van der Waals surface area contributed by atoms with Crippen LogP contribution in [0.25, 0.3) is 0 Å².